The molecule has 10 nitrogen and oxygen atoms in total. The predicted molar refractivity (Wildman–Crippen MR) is 121 cm³/mol. The first-order valence-electron chi connectivity index (χ1n) is 11.7. The van der Waals surface area contributed by atoms with Gasteiger partial charge in [-0.2, -0.15) is 10.1 Å². The van der Waals surface area contributed by atoms with Crippen molar-refractivity contribution < 1.29 is 4.79 Å². The molecule has 1 aliphatic carbocycles. The molecule has 0 unspecified atom stereocenters. The highest BCUT2D eigenvalue weighted by Crippen LogP contribution is 2.39. The van der Waals surface area contributed by atoms with Crippen molar-refractivity contribution in [3.8, 4) is 0 Å². The van der Waals surface area contributed by atoms with Crippen LogP contribution in [0.1, 0.15) is 50.1 Å². The topological polar surface area (TPSA) is 115 Å². The van der Waals surface area contributed by atoms with Crippen molar-refractivity contribution in [1.29, 1.82) is 0 Å². The molecule has 0 spiro atoms. The molecule has 3 fully saturated rings. The van der Waals surface area contributed by atoms with Crippen molar-refractivity contribution >= 4 is 29.0 Å². The summed E-state index contributed by atoms with van der Waals surface area (Å²) in [4.78, 5) is 20.0. The van der Waals surface area contributed by atoms with E-state index in [0.717, 1.165) is 56.7 Å². The third kappa shape index (κ3) is 3.79. The van der Waals surface area contributed by atoms with E-state index >= 15 is 0 Å². The Labute approximate surface area is 186 Å². The number of H-pyrrole nitrogens is 1. The van der Waals surface area contributed by atoms with E-state index < -0.39 is 0 Å². The molecule has 3 aromatic heterocycles. The standard InChI is InChI=1S/C22H29N9O/c32-21(24-15-4-1-9-23-13-15)18-6-2-10-30(18)22-26-20(17-5-3-11-31(17)29-22)25-19-12-16(27-28-19)14-7-8-14/h3,5,11-12,14-15,18,23H,1-2,4,6-10,13H2,(H,24,32)(H2,25,26,27,28,29)/t15-,18+/m0/s1. The monoisotopic (exact) mass is 435 g/mol. The third-order valence-corrected chi connectivity index (χ3v) is 6.70. The van der Waals surface area contributed by atoms with Gasteiger partial charge in [-0.3, -0.25) is 9.89 Å². The van der Waals surface area contributed by atoms with Gasteiger partial charge in [0.2, 0.25) is 11.9 Å². The van der Waals surface area contributed by atoms with Crippen LogP contribution in [0, 0.1) is 0 Å². The van der Waals surface area contributed by atoms with Crippen LogP contribution in [0.4, 0.5) is 17.6 Å². The Morgan fingerprint density at radius 3 is 2.97 bits per heavy atom. The second kappa shape index (κ2) is 8.09. The van der Waals surface area contributed by atoms with Crippen LogP contribution in [-0.2, 0) is 4.79 Å². The lowest BCUT2D eigenvalue weighted by molar-refractivity contribution is -0.123. The maximum atomic E-state index is 13.1. The highest BCUT2D eigenvalue weighted by atomic mass is 16.2. The molecule has 2 saturated heterocycles. The van der Waals surface area contributed by atoms with Crippen LogP contribution in [-0.4, -0.2) is 62.4 Å². The number of carbonyl (C=O) groups excluding carboxylic acids is 1. The molecule has 0 aromatic carbocycles. The van der Waals surface area contributed by atoms with Gasteiger partial charge in [0.25, 0.3) is 0 Å². The maximum absolute atomic E-state index is 13.1. The van der Waals surface area contributed by atoms with Gasteiger partial charge in [0.15, 0.2) is 11.6 Å². The third-order valence-electron chi connectivity index (χ3n) is 6.70. The molecule has 4 N–H and O–H groups in total. The first-order chi connectivity index (χ1) is 15.7. The molecular formula is C22H29N9O. The van der Waals surface area contributed by atoms with Gasteiger partial charge in [-0.05, 0) is 57.2 Å². The van der Waals surface area contributed by atoms with Crippen LogP contribution in [0.3, 0.4) is 0 Å². The number of rotatable bonds is 6. The molecule has 1 saturated carbocycles. The molecule has 3 aliphatic rings. The first kappa shape index (κ1) is 19.5. The van der Waals surface area contributed by atoms with E-state index in [1.54, 1.807) is 0 Å². The molecule has 6 rings (SSSR count). The molecule has 3 aromatic rings. The lowest BCUT2D eigenvalue weighted by Crippen LogP contribution is -2.51. The van der Waals surface area contributed by atoms with Crippen molar-refractivity contribution in [2.24, 2.45) is 0 Å². The van der Waals surface area contributed by atoms with Crippen LogP contribution in [0.5, 0.6) is 0 Å². The fourth-order valence-corrected chi connectivity index (χ4v) is 4.81. The minimum absolute atomic E-state index is 0.0725. The number of hydrogen-bond acceptors (Lipinski definition) is 7. The number of nitrogens with zero attached hydrogens (tertiary/aromatic N) is 5. The van der Waals surface area contributed by atoms with Gasteiger partial charge >= 0.3 is 0 Å². The SMILES string of the molecule is O=C(N[C@H]1CCCNC1)[C@H]1CCCN1c1nc(Nc2cc(C3CC3)[nH]n2)c2cccn2n1. The summed E-state index contributed by atoms with van der Waals surface area (Å²) in [7, 11) is 0. The van der Waals surface area contributed by atoms with E-state index in [-0.39, 0.29) is 18.0 Å². The average molecular weight is 436 g/mol. The summed E-state index contributed by atoms with van der Waals surface area (Å²) in [5, 5.41) is 22.2. The largest absolute Gasteiger partial charge is 0.350 e. The summed E-state index contributed by atoms with van der Waals surface area (Å²) >= 11 is 0. The molecule has 10 heteroatoms. The average Bonchev–Trinajstić information content (AvgIpc) is 3.20. The fourth-order valence-electron chi connectivity index (χ4n) is 4.81. The minimum atomic E-state index is -0.246. The Morgan fingerprint density at radius 1 is 1.19 bits per heavy atom. The smallest absolute Gasteiger partial charge is 0.246 e. The lowest BCUT2D eigenvalue weighted by Gasteiger charge is -2.28. The lowest BCUT2D eigenvalue weighted by atomic mass is 10.1. The van der Waals surface area contributed by atoms with Crippen molar-refractivity contribution in [2.45, 2.75) is 56.5 Å². The normalized spacial score (nSPS) is 23.6. The van der Waals surface area contributed by atoms with Crippen LogP contribution in [0.25, 0.3) is 5.52 Å². The second-order valence-electron chi connectivity index (χ2n) is 9.11. The zero-order valence-corrected chi connectivity index (χ0v) is 18.0. The molecule has 32 heavy (non-hydrogen) atoms. The zero-order chi connectivity index (χ0) is 21.5. The number of fused-ring (bicyclic) bond motifs is 1. The summed E-state index contributed by atoms with van der Waals surface area (Å²) in [6, 6.07) is 5.94. The van der Waals surface area contributed by atoms with Crippen LogP contribution >= 0.6 is 0 Å². The molecule has 0 bridgehead atoms. The van der Waals surface area contributed by atoms with Gasteiger partial charge in [0, 0.05) is 43.0 Å². The van der Waals surface area contributed by atoms with Gasteiger partial charge in [0.1, 0.15) is 11.6 Å². The van der Waals surface area contributed by atoms with Gasteiger partial charge < -0.3 is 20.9 Å². The Morgan fingerprint density at radius 2 is 2.12 bits per heavy atom. The van der Waals surface area contributed by atoms with Crippen LogP contribution in [0.2, 0.25) is 0 Å². The molecule has 168 valence electrons. The number of aromatic nitrogens is 5. The van der Waals surface area contributed by atoms with E-state index in [0.29, 0.717) is 17.7 Å². The number of nitrogens with one attached hydrogen (secondary N) is 4. The van der Waals surface area contributed by atoms with Gasteiger partial charge in [-0.1, -0.05) is 0 Å². The van der Waals surface area contributed by atoms with E-state index in [1.807, 2.05) is 27.7 Å². The van der Waals surface area contributed by atoms with Crippen molar-refractivity contribution in [2.75, 3.05) is 29.9 Å². The molecule has 5 heterocycles. The zero-order valence-electron chi connectivity index (χ0n) is 18.0. The van der Waals surface area contributed by atoms with Gasteiger partial charge in [0.05, 0.1) is 0 Å². The predicted octanol–water partition coefficient (Wildman–Crippen LogP) is 1.91. The van der Waals surface area contributed by atoms with E-state index in [9.17, 15) is 4.79 Å². The molecular weight excluding hydrogens is 406 g/mol. The first-order valence-corrected chi connectivity index (χ1v) is 11.7. The number of piperidine rings is 1. The molecule has 2 atom stereocenters. The summed E-state index contributed by atoms with van der Waals surface area (Å²) < 4.78 is 1.82. The Kier molecular flexibility index (Phi) is 4.94. The fraction of sp³-hybridized carbons (Fsp3) is 0.545. The van der Waals surface area contributed by atoms with Gasteiger partial charge in [-0.25, -0.2) is 4.52 Å². The maximum Gasteiger partial charge on any atom is 0.246 e. The summed E-state index contributed by atoms with van der Waals surface area (Å²) in [5.74, 6) is 2.68. The molecule has 2 aliphatic heterocycles. The highest BCUT2D eigenvalue weighted by Gasteiger charge is 2.34. The molecule has 1 amide bonds. The Balaban J connectivity index is 1.25. The van der Waals surface area contributed by atoms with Crippen molar-refractivity contribution in [1.82, 2.24) is 35.4 Å². The Bertz CT molecular complexity index is 1110. The van der Waals surface area contributed by atoms with E-state index in [2.05, 4.69) is 32.2 Å². The van der Waals surface area contributed by atoms with Crippen molar-refractivity contribution in [3.63, 3.8) is 0 Å². The van der Waals surface area contributed by atoms with Crippen molar-refractivity contribution in [3.05, 3.63) is 30.1 Å². The number of carbonyl (C=O) groups is 1. The number of anilines is 3. The minimum Gasteiger partial charge on any atom is -0.350 e. The van der Waals surface area contributed by atoms with E-state index in [4.69, 9.17) is 10.1 Å². The molecule has 0 radical (unpaired) electrons. The Hall–Kier alpha value is -3.14. The number of aromatic amines is 1. The van der Waals surface area contributed by atoms with Crippen LogP contribution < -0.4 is 20.9 Å². The second-order valence-corrected chi connectivity index (χ2v) is 9.11. The van der Waals surface area contributed by atoms with E-state index in [1.165, 1.54) is 18.5 Å². The quantitative estimate of drug-likeness (QED) is 0.467. The highest BCUT2D eigenvalue weighted by molar-refractivity contribution is 5.86. The summed E-state index contributed by atoms with van der Waals surface area (Å²) in [6.07, 6.45) is 8.22. The summed E-state index contributed by atoms with van der Waals surface area (Å²) in [5.41, 5.74) is 2.04. The van der Waals surface area contributed by atoms with Gasteiger partial charge in [-0.15, -0.1) is 5.10 Å². The summed E-state index contributed by atoms with van der Waals surface area (Å²) in [6.45, 7) is 2.63. The number of hydrogen-bond donors (Lipinski definition) is 4. The van der Waals surface area contributed by atoms with Crippen LogP contribution in [0.15, 0.2) is 24.4 Å². The number of amides is 1.